The molecule has 0 aliphatic carbocycles. The van der Waals surface area contributed by atoms with Gasteiger partial charge in [-0.15, -0.1) is 0 Å². The molecule has 0 fully saturated rings. The third-order valence-corrected chi connectivity index (χ3v) is 2.35. The molecule has 1 rings (SSSR count). The molecule has 1 aromatic carbocycles. The van der Waals surface area contributed by atoms with E-state index in [9.17, 15) is 9.18 Å². The van der Waals surface area contributed by atoms with Gasteiger partial charge in [-0.25, -0.2) is 9.18 Å². The monoisotopic (exact) mass is 270 g/mol. The number of benzene rings is 1. The molecule has 19 heavy (non-hydrogen) atoms. The highest BCUT2D eigenvalue weighted by Crippen LogP contribution is 2.32. The van der Waals surface area contributed by atoms with Gasteiger partial charge in [0, 0.05) is 5.56 Å². The van der Waals surface area contributed by atoms with Crippen molar-refractivity contribution in [2.45, 2.75) is 26.9 Å². The molecule has 0 aliphatic rings. The van der Waals surface area contributed by atoms with Crippen molar-refractivity contribution in [3.63, 3.8) is 0 Å². The molecule has 0 aliphatic heterocycles. The molecule has 1 atom stereocenters. The number of carbonyl (C=O) groups is 1. The second kappa shape index (κ2) is 7.61. The third-order valence-electron chi connectivity index (χ3n) is 2.35. The Bertz CT molecular complexity index is 420. The van der Waals surface area contributed by atoms with E-state index in [1.165, 1.54) is 12.1 Å². The topological polar surface area (TPSA) is 44.8 Å². The van der Waals surface area contributed by atoms with Crippen LogP contribution in [0.3, 0.4) is 0 Å². The fourth-order valence-corrected chi connectivity index (χ4v) is 1.58. The van der Waals surface area contributed by atoms with Crippen molar-refractivity contribution in [3.05, 3.63) is 23.8 Å². The number of esters is 1. The number of alkyl halides is 1. The molecule has 0 saturated carbocycles. The second-order valence-corrected chi connectivity index (χ2v) is 3.69. The molecule has 0 heterocycles. The van der Waals surface area contributed by atoms with E-state index in [-0.39, 0.29) is 12.2 Å². The molecule has 5 heteroatoms. The zero-order chi connectivity index (χ0) is 14.3. The van der Waals surface area contributed by atoms with Crippen molar-refractivity contribution in [1.29, 1.82) is 0 Å². The maximum atomic E-state index is 13.9. The van der Waals surface area contributed by atoms with Gasteiger partial charge in [-0.05, 0) is 32.9 Å². The summed E-state index contributed by atoms with van der Waals surface area (Å²) in [6.07, 6.45) is -1.81. The number of carbonyl (C=O) groups excluding carboxylic acids is 1. The Morgan fingerprint density at radius 3 is 2.32 bits per heavy atom. The quantitative estimate of drug-likeness (QED) is 0.714. The number of halogens is 1. The van der Waals surface area contributed by atoms with Crippen LogP contribution in [0, 0.1) is 0 Å². The van der Waals surface area contributed by atoms with E-state index in [4.69, 9.17) is 9.47 Å². The van der Waals surface area contributed by atoms with Gasteiger partial charge in [0.05, 0.1) is 19.8 Å². The van der Waals surface area contributed by atoms with E-state index < -0.39 is 12.1 Å². The van der Waals surface area contributed by atoms with E-state index in [1.54, 1.807) is 13.0 Å². The van der Waals surface area contributed by atoms with Crippen molar-refractivity contribution in [3.8, 4) is 11.5 Å². The summed E-state index contributed by atoms with van der Waals surface area (Å²) in [5.41, 5.74) is 0.199. The van der Waals surface area contributed by atoms with Gasteiger partial charge < -0.3 is 14.2 Å². The molecule has 0 spiro atoms. The fourth-order valence-electron chi connectivity index (χ4n) is 1.58. The summed E-state index contributed by atoms with van der Waals surface area (Å²) in [5, 5.41) is 0. The summed E-state index contributed by atoms with van der Waals surface area (Å²) in [6, 6.07) is 4.56. The lowest BCUT2D eigenvalue weighted by atomic mass is 10.1. The van der Waals surface area contributed by atoms with E-state index in [0.717, 1.165) is 0 Å². The molecular weight excluding hydrogens is 251 g/mol. The van der Waals surface area contributed by atoms with Gasteiger partial charge in [-0.2, -0.15) is 0 Å². The maximum Gasteiger partial charge on any atom is 0.345 e. The van der Waals surface area contributed by atoms with Gasteiger partial charge in [-0.1, -0.05) is 6.07 Å². The lowest BCUT2D eigenvalue weighted by Crippen LogP contribution is -2.12. The van der Waals surface area contributed by atoms with Crippen LogP contribution in [0.25, 0.3) is 0 Å². The summed E-state index contributed by atoms with van der Waals surface area (Å²) in [4.78, 5) is 11.4. The van der Waals surface area contributed by atoms with Crippen LogP contribution in [0.1, 0.15) is 32.5 Å². The molecule has 106 valence electrons. The Morgan fingerprint density at radius 2 is 1.74 bits per heavy atom. The minimum atomic E-state index is -1.81. The first-order valence-corrected chi connectivity index (χ1v) is 6.34. The van der Waals surface area contributed by atoms with Crippen molar-refractivity contribution in [2.24, 2.45) is 0 Å². The Kier molecular flexibility index (Phi) is 6.12. The maximum absolute atomic E-state index is 13.9. The molecule has 0 aromatic heterocycles. The van der Waals surface area contributed by atoms with Crippen LogP contribution in [0.2, 0.25) is 0 Å². The second-order valence-electron chi connectivity index (χ2n) is 3.69. The van der Waals surface area contributed by atoms with Crippen molar-refractivity contribution in [1.82, 2.24) is 0 Å². The first kappa shape index (κ1) is 15.3. The zero-order valence-electron chi connectivity index (χ0n) is 11.4. The van der Waals surface area contributed by atoms with E-state index in [0.29, 0.717) is 24.7 Å². The van der Waals surface area contributed by atoms with Crippen LogP contribution < -0.4 is 9.47 Å². The van der Waals surface area contributed by atoms with Gasteiger partial charge >= 0.3 is 5.97 Å². The Labute approximate surface area is 112 Å². The third kappa shape index (κ3) is 4.12. The molecule has 0 saturated heterocycles. The standard InChI is InChI=1S/C14H19FO4/c1-4-17-11-8-7-10(9-12(11)18-5-2)13(15)14(16)19-6-3/h7-9,13H,4-6H2,1-3H3. The molecule has 4 nitrogen and oxygen atoms in total. The van der Waals surface area contributed by atoms with Gasteiger partial charge in [0.15, 0.2) is 11.5 Å². The summed E-state index contributed by atoms with van der Waals surface area (Å²) in [5.74, 6) is 0.0621. The minimum absolute atomic E-state index is 0.147. The Hall–Kier alpha value is -1.78. The van der Waals surface area contributed by atoms with Crippen LogP contribution in [-0.4, -0.2) is 25.8 Å². The SMILES string of the molecule is CCOC(=O)C(F)c1ccc(OCC)c(OCC)c1. The normalized spacial score (nSPS) is 11.8. The van der Waals surface area contributed by atoms with Crippen LogP contribution in [0.15, 0.2) is 18.2 Å². The molecule has 0 N–H and O–H groups in total. The van der Waals surface area contributed by atoms with Crippen molar-refractivity contribution >= 4 is 5.97 Å². The minimum Gasteiger partial charge on any atom is -0.490 e. The van der Waals surface area contributed by atoms with Gasteiger partial charge in [0.2, 0.25) is 6.17 Å². The predicted octanol–water partition coefficient (Wildman–Crippen LogP) is 3.06. The van der Waals surface area contributed by atoms with Gasteiger partial charge in [-0.3, -0.25) is 0 Å². The molecule has 1 unspecified atom stereocenters. The molecule has 0 amide bonds. The molecule has 0 radical (unpaired) electrons. The number of hydrogen-bond acceptors (Lipinski definition) is 4. The zero-order valence-corrected chi connectivity index (χ0v) is 11.4. The van der Waals surface area contributed by atoms with E-state index in [2.05, 4.69) is 4.74 Å². The smallest absolute Gasteiger partial charge is 0.345 e. The average molecular weight is 270 g/mol. The average Bonchev–Trinajstić information content (AvgIpc) is 2.40. The Balaban J connectivity index is 2.96. The van der Waals surface area contributed by atoms with Crippen LogP contribution in [0.4, 0.5) is 4.39 Å². The lowest BCUT2D eigenvalue weighted by molar-refractivity contribution is -0.149. The first-order valence-electron chi connectivity index (χ1n) is 6.34. The first-order chi connectivity index (χ1) is 9.13. The van der Waals surface area contributed by atoms with E-state index >= 15 is 0 Å². The largest absolute Gasteiger partial charge is 0.490 e. The summed E-state index contributed by atoms with van der Waals surface area (Å²) >= 11 is 0. The van der Waals surface area contributed by atoms with Crippen molar-refractivity contribution < 1.29 is 23.4 Å². The van der Waals surface area contributed by atoms with Crippen molar-refractivity contribution in [2.75, 3.05) is 19.8 Å². The van der Waals surface area contributed by atoms with Gasteiger partial charge in [0.25, 0.3) is 0 Å². The number of hydrogen-bond donors (Lipinski definition) is 0. The Morgan fingerprint density at radius 1 is 1.11 bits per heavy atom. The molecule has 0 bridgehead atoms. The lowest BCUT2D eigenvalue weighted by Gasteiger charge is -2.13. The van der Waals surface area contributed by atoms with Crippen LogP contribution in [-0.2, 0) is 9.53 Å². The van der Waals surface area contributed by atoms with Crippen LogP contribution in [0.5, 0.6) is 11.5 Å². The highest BCUT2D eigenvalue weighted by molar-refractivity contribution is 5.76. The van der Waals surface area contributed by atoms with Gasteiger partial charge in [0.1, 0.15) is 0 Å². The highest BCUT2D eigenvalue weighted by Gasteiger charge is 2.22. The molecule has 1 aromatic rings. The number of ether oxygens (including phenoxy) is 3. The number of rotatable bonds is 7. The van der Waals surface area contributed by atoms with Crippen LogP contribution >= 0.6 is 0 Å². The predicted molar refractivity (Wildman–Crippen MR) is 69.3 cm³/mol. The van der Waals surface area contributed by atoms with E-state index in [1.807, 2.05) is 13.8 Å². The summed E-state index contributed by atoms with van der Waals surface area (Å²) in [7, 11) is 0. The highest BCUT2D eigenvalue weighted by atomic mass is 19.1. The molecular formula is C14H19FO4. The fraction of sp³-hybridized carbons (Fsp3) is 0.500. The summed E-state index contributed by atoms with van der Waals surface area (Å²) < 4.78 is 29.3. The summed E-state index contributed by atoms with van der Waals surface area (Å²) in [6.45, 7) is 6.36.